The fourth-order valence-electron chi connectivity index (χ4n) is 8.37. The summed E-state index contributed by atoms with van der Waals surface area (Å²) in [6.45, 7) is 8.72. The Morgan fingerprint density at radius 1 is 1.18 bits per heavy atom. The van der Waals surface area contributed by atoms with Gasteiger partial charge in [0.05, 0.1) is 25.7 Å². The van der Waals surface area contributed by atoms with Gasteiger partial charge in [-0.15, -0.1) is 0 Å². The number of fused-ring (bicyclic) bond motifs is 2. The fraction of sp³-hybridized carbons (Fsp3) is 0.714. The third kappa shape index (κ3) is 3.39. The zero-order valence-electron chi connectivity index (χ0n) is 22.9. The summed E-state index contributed by atoms with van der Waals surface area (Å²) >= 11 is 0. The molecule has 3 N–H and O–H groups in total. The Balaban J connectivity index is 1.71. The first-order valence-electron chi connectivity index (χ1n) is 13.3. The molecule has 2 heterocycles. The van der Waals surface area contributed by atoms with Gasteiger partial charge < -0.3 is 34.3 Å². The smallest absolute Gasteiger partial charge is 0.348 e. The first kappa shape index (κ1) is 27.8. The van der Waals surface area contributed by atoms with E-state index in [4.69, 9.17) is 18.9 Å². The Morgan fingerprint density at radius 3 is 2.46 bits per heavy atom. The van der Waals surface area contributed by atoms with Gasteiger partial charge in [-0.2, -0.15) is 0 Å². The number of aliphatic hydroxyl groups excluding tert-OH is 3. The lowest BCUT2D eigenvalue weighted by Crippen LogP contribution is -2.79. The van der Waals surface area contributed by atoms with Gasteiger partial charge in [-0.1, -0.05) is 26.3 Å². The summed E-state index contributed by atoms with van der Waals surface area (Å²) in [5, 5.41) is 33.7. The quantitative estimate of drug-likeness (QED) is 0.262. The number of carbonyl (C=O) groups is 4. The highest BCUT2D eigenvalue weighted by molar-refractivity contribution is 5.95. The first-order chi connectivity index (χ1) is 18.2. The molecule has 10 atom stereocenters. The standard InChI is InChI=1S/C28H36O11/c1-11(2)12(3)7-17(30)39-20-22-27-10-37-28(22,25(35)36-6)23(33)19(32)21(27)26(5)9-15(29)18(31)13(4)14(26)8-16(27)38-24(20)34/h7,11,14,16,19-23,31-33H,8-10H2,1-6H3/b12-7+/t14-,16?,19+,20+,21+,22?,23-,26-,27+,28?/m0/s1. The third-order valence-electron chi connectivity index (χ3n) is 10.3. The maximum absolute atomic E-state index is 13.5. The number of carbonyl (C=O) groups excluding carboxylic acids is 4. The maximum Gasteiger partial charge on any atom is 0.348 e. The molecule has 5 aliphatic rings. The second-order valence-corrected chi connectivity index (χ2v) is 12.3. The highest BCUT2D eigenvalue weighted by atomic mass is 16.6. The topological polar surface area (TPSA) is 166 Å². The highest BCUT2D eigenvalue weighted by Crippen LogP contribution is 2.72. The molecule has 11 heteroatoms. The zero-order valence-corrected chi connectivity index (χ0v) is 22.9. The van der Waals surface area contributed by atoms with Gasteiger partial charge in [-0.3, -0.25) is 4.79 Å². The van der Waals surface area contributed by atoms with Crippen LogP contribution in [0.4, 0.5) is 0 Å². The maximum atomic E-state index is 13.5. The lowest BCUT2D eigenvalue weighted by molar-refractivity contribution is -0.290. The molecule has 0 amide bonds. The minimum absolute atomic E-state index is 0.0302. The number of esters is 3. The normalized spacial score (nSPS) is 44.9. The van der Waals surface area contributed by atoms with Gasteiger partial charge in [0.15, 0.2) is 11.5 Å². The summed E-state index contributed by atoms with van der Waals surface area (Å²) in [5.41, 5.74) is -3.43. The molecule has 2 saturated carbocycles. The molecular weight excluding hydrogens is 512 g/mol. The number of aliphatic hydroxyl groups is 3. The molecule has 5 rings (SSSR count). The van der Waals surface area contributed by atoms with Gasteiger partial charge in [0, 0.05) is 23.8 Å². The van der Waals surface area contributed by atoms with Crippen molar-refractivity contribution in [3.05, 3.63) is 23.0 Å². The Labute approximate surface area is 226 Å². The van der Waals surface area contributed by atoms with Crippen LogP contribution in [0.1, 0.15) is 47.5 Å². The number of methoxy groups -OCH3 is 1. The van der Waals surface area contributed by atoms with Crippen molar-refractivity contribution in [2.45, 2.75) is 77.5 Å². The minimum atomic E-state index is -2.22. The van der Waals surface area contributed by atoms with Crippen molar-refractivity contribution in [2.75, 3.05) is 13.7 Å². The van der Waals surface area contributed by atoms with E-state index in [1.165, 1.54) is 6.08 Å². The number of allylic oxidation sites excluding steroid dienone is 3. The fourth-order valence-corrected chi connectivity index (χ4v) is 8.37. The molecule has 2 saturated heterocycles. The van der Waals surface area contributed by atoms with E-state index in [1.807, 2.05) is 13.8 Å². The van der Waals surface area contributed by atoms with Crippen molar-refractivity contribution < 1.29 is 53.4 Å². The van der Waals surface area contributed by atoms with E-state index in [0.717, 1.165) is 7.11 Å². The minimum Gasteiger partial charge on any atom is -0.504 e. The van der Waals surface area contributed by atoms with Crippen LogP contribution in [0.15, 0.2) is 23.0 Å². The van der Waals surface area contributed by atoms with E-state index in [9.17, 15) is 34.5 Å². The van der Waals surface area contributed by atoms with Gasteiger partial charge >= 0.3 is 17.9 Å². The number of Topliss-reactive ketones (excluding diaryl/α,β-unsaturated/α-hetero) is 1. The lowest BCUT2D eigenvalue weighted by atomic mass is 9.38. The molecule has 3 unspecified atom stereocenters. The van der Waals surface area contributed by atoms with Crippen LogP contribution in [-0.4, -0.2) is 82.7 Å². The molecule has 11 nitrogen and oxygen atoms in total. The molecule has 3 aliphatic carbocycles. The molecule has 0 aromatic heterocycles. The monoisotopic (exact) mass is 548 g/mol. The number of rotatable bonds is 4. The van der Waals surface area contributed by atoms with E-state index < -0.39 is 82.3 Å². The Hall–Kier alpha value is -2.76. The van der Waals surface area contributed by atoms with E-state index in [0.29, 0.717) is 11.1 Å². The number of hydrogen-bond acceptors (Lipinski definition) is 11. The van der Waals surface area contributed by atoms with Gasteiger partial charge in [0.1, 0.15) is 12.2 Å². The number of ketones is 1. The second kappa shape index (κ2) is 8.87. The predicted octanol–water partition coefficient (Wildman–Crippen LogP) is 1.15. The van der Waals surface area contributed by atoms with E-state index >= 15 is 0 Å². The molecule has 0 radical (unpaired) electrons. The molecule has 1 spiro atoms. The van der Waals surface area contributed by atoms with Crippen LogP contribution >= 0.6 is 0 Å². The van der Waals surface area contributed by atoms with Crippen molar-refractivity contribution >= 4 is 23.7 Å². The largest absolute Gasteiger partial charge is 0.504 e. The molecule has 4 fully saturated rings. The zero-order chi connectivity index (χ0) is 28.8. The molecule has 0 aromatic rings. The Morgan fingerprint density at radius 2 is 1.85 bits per heavy atom. The Bertz CT molecular complexity index is 1200. The summed E-state index contributed by atoms with van der Waals surface area (Å²) in [6.07, 6.45) is -4.75. The van der Waals surface area contributed by atoms with Gasteiger partial charge in [0.2, 0.25) is 11.7 Å². The average molecular weight is 549 g/mol. The third-order valence-corrected chi connectivity index (χ3v) is 10.3. The van der Waals surface area contributed by atoms with Crippen LogP contribution in [0.2, 0.25) is 0 Å². The SMILES string of the molecule is COC(=O)C12OC[C@@]34C(C[C@H]5C(C)=C(O)C(=O)C[C@]5(C)[C@H]3[C@@H](O)[C@@H]1O)OC(=O)[C@H](OC(=O)/C=C(\C)C(C)C)C24. The van der Waals surface area contributed by atoms with Crippen molar-refractivity contribution in [3.8, 4) is 0 Å². The summed E-state index contributed by atoms with van der Waals surface area (Å²) in [7, 11) is 1.10. The van der Waals surface area contributed by atoms with Crippen LogP contribution in [0.25, 0.3) is 0 Å². The van der Waals surface area contributed by atoms with Gasteiger partial charge in [0.25, 0.3) is 0 Å². The van der Waals surface area contributed by atoms with E-state index in [-0.39, 0.29) is 31.1 Å². The number of hydrogen-bond donors (Lipinski definition) is 3. The average Bonchev–Trinajstić information content (AvgIpc) is 3.18. The van der Waals surface area contributed by atoms with Crippen LogP contribution < -0.4 is 0 Å². The second-order valence-electron chi connectivity index (χ2n) is 12.3. The summed E-state index contributed by atoms with van der Waals surface area (Å²) in [4.78, 5) is 52.8. The Kier molecular flexibility index (Phi) is 6.32. The van der Waals surface area contributed by atoms with Gasteiger partial charge in [-0.05, 0) is 43.1 Å². The predicted molar refractivity (Wildman–Crippen MR) is 132 cm³/mol. The molecule has 39 heavy (non-hydrogen) atoms. The molecular formula is C28H36O11. The van der Waals surface area contributed by atoms with Crippen molar-refractivity contribution in [1.29, 1.82) is 0 Å². The van der Waals surface area contributed by atoms with E-state index in [2.05, 4.69) is 0 Å². The van der Waals surface area contributed by atoms with Crippen molar-refractivity contribution in [2.24, 2.45) is 34.5 Å². The summed E-state index contributed by atoms with van der Waals surface area (Å²) in [5.74, 6) is -6.26. The molecule has 2 bridgehead atoms. The molecule has 214 valence electrons. The van der Waals surface area contributed by atoms with Crippen molar-refractivity contribution in [1.82, 2.24) is 0 Å². The first-order valence-corrected chi connectivity index (χ1v) is 13.3. The van der Waals surface area contributed by atoms with Crippen LogP contribution in [0.5, 0.6) is 0 Å². The summed E-state index contributed by atoms with van der Waals surface area (Å²) in [6, 6.07) is 0. The van der Waals surface area contributed by atoms with E-state index in [1.54, 1.807) is 20.8 Å². The summed E-state index contributed by atoms with van der Waals surface area (Å²) < 4.78 is 22.7. The van der Waals surface area contributed by atoms with Crippen LogP contribution in [-0.2, 0) is 38.1 Å². The number of ether oxygens (including phenoxy) is 4. The lowest BCUT2D eigenvalue weighted by Gasteiger charge is -2.67. The van der Waals surface area contributed by atoms with Gasteiger partial charge in [-0.25, -0.2) is 14.4 Å². The molecule has 0 aromatic carbocycles. The van der Waals surface area contributed by atoms with Crippen molar-refractivity contribution in [3.63, 3.8) is 0 Å². The highest BCUT2D eigenvalue weighted by Gasteiger charge is 2.85. The molecule has 2 aliphatic heterocycles. The van der Waals surface area contributed by atoms with Crippen LogP contribution in [0, 0.1) is 34.5 Å². The van der Waals surface area contributed by atoms with Crippen LogP contribution in [0.3, 0.4) is 0 Å².